The molecule has 0 heterocycles. The molecule has 4 saturated carbocycles. The van der Waals surface area contributed by atoms with Crippen LogP contribution in [0.1, 0.15) is 93.2 Å². The van der Waals surface area contributed by atoms with Crippen LogP contribution in [0, 0.1) is 23.7 Å². The topological polar surface area (TPSA) is 3.24 Å². The first-order valence-corrected chi connectivity index (χ1v) is 20.3. The van der Waals surface area contributed by atoms with E-state index in [4.69, 9.17) is 0 Å². The van der Waals surface area contributed by atoms with Gasteiger partial charge in [0.05, 0.1) is 0 Å². The number of hydrogen-bond acceptors (Lipinski definition) is 1. The summed E-state index contributed by atoms with van der Waals surface area (Å²) in [5.41, 5.74) is 21.2. The lowest BCUT2D eigenvalue weighted by Gasteiger charge is -2.61. The highest BCUT2D eigenvalue weighted by atomic mass is 15.1. The molecule has 0 aromatic heterocycles. The van der Waals surface area contributed by atoms with E-state index in [-0.39, 0.29) is 16.2 Å². The van der Waals surface area contributed by atoms with Crippen molar-refractivity contribution in [2.45, 2.75) is 76.0 Å². The van der Waals surface area contributed by atoms with E-state index in [1.165, 1.54) is 105 Å². The summed E-state index contributed by atoms with van der Waals surface area (Å²) in [5, 5.41) is 0. The van der Waals surface area contributed by atoms with Gasteiger partial charge in [-0.1, -0.05) is 119 Å². The third-order valence-electron chi connectivity index (χ3n) is 15.4. The van der Waals surface area contributed by atoms with Crippen LogP contribution in [0.15, 0.2) is 127 Å². The van der Waals surface area contributed by atoms with E-state index in [2.05, 4.69) is 160 Å². The first-order valence-electron chi connectivity index (χ1n) is 20.3. The SMILES string of the molecule is CC1(C)c2ccccc2-c2cc(N(c3ccc4c(c3)C(C)(C)c3ccccc3-4)c3ccc4c(c3)C3(c5ccccc5-4)C4CC5CC(C4)CC3C5)ccc21. The number of fused-ring (bicyclic) bond motifs is 9. The lowest BCUT2D eigenvalue weighted by Crippen LogP contribution is -2.55. The Balaban J connectivity index is 1.09. The molecule has 0 aliphatic heterocycles. The van der Waals surface area contributed by atoms with E-state index >= 15 is 0 Å². The maximum atomic E-state index is 2.66. The Morgan fingerprint density at radius 3 is 1.42 bits per heavy atom. The molecule has 6 aromatic rings. The van der Waals surface area contributed by atoms with Gasteiger partial charge in [0.25, 0.3) is 0 Å². The summed E-state index contributed by atoms with van der Waals surface area (Å²) >= 11 is 0. The van der Waals surface area contributed by atoms with Crippen molar-refractivity contribution in [1.29, 1.82) is 0 Å². The number of nitrogens with zero attached hydrogens (tertiary/aromatic N) is 1. The van der Waals surface area contributed by atoms with Gasteiger partial charge in [0.15, 0.2) is 0 Å². The highest BCUT2D eigenvalue weighted by Gasteiger charge is 2.61. The molecule has 0 saturated heterocycles. The second-order valence-corrected chi connectivity index (χ2v) is 18.6. The van der Waals surface area contributed by atoms with E-state index in [1.54, 1.807) is 11.1 Å². The van der Waals surface area contributed by atoms with E-state index in [9.17, 15) is 0 Å². The zero-order chi connectivity index (χ0) is 35.4. The summed E-state index contributed by atoms with van der Waals surface area (Å²) in [6, 6.07) is 49.8. The van der Waals surface area contributed by atoms with Crippen LogP contribution in [-0.2, 0) is 16.2 Å². The van der Waals surface area contributed by atoms with Gasteiger partial charge >= 0.3 is 0 Å². The van der Waals surface area contributed by atoms with Gasteiger partial charge < -0.3 is 4.90 Å². The fourth-order valence-corrected chi connectivity index (χ4v) is 13.4. The summed E-state index contributed by atoms with van der Waals surface area (Å²) in [6.45, 7) is 9.59. The average Bonchev–Trinajstić information content (AvgIpc) is 3.68. The largest absolute Gasteiger partial charge is 0.310 e. The molecule has 4 bridgehead atoms. The van der Waals surface area contributed by atoms with Gasteiger partial charge in [0, 0.05) is 33.3 Å². The predicted molar refractivity (Wildman–Crippen MR) is 220 cm³/mol. The van der Waals surface area contributed by atoms with Crippen LogP contribution >= 0.6 is 0 Å². The van der Waals surface area contributed by atoms with Gasteiger partial charge in [-0.05, 0) is 159 Å². The number of hydrogen-bond donors (Lipinski definition) is 0. The Bertz CT molecular complexity index is 2520. The molecule has 0 atom stereocenters. The van der Waals surface area contributed by atoms with Crippen molar-refractivity contribution in [3.8, 4) is 33.4 Å². The molecule has 6 aromatic carbocycles. The molecule has 0 unspecified atom stereocenters. The maximum absolute atomic E-state index is 2.66. The Hall–Kier alpha value is -4.88. The summed E-state index contributed by atoms with van der Waals surface area (Å²) in [7, 11) is 0. The zero-order valence-corrected chi connectivity index (χ0v) is 31.4. The van der Waals surface area contributed by atoms with E-state index in [0.717, 1.165) is 23.7 Å². The quantitative estimate of drug-likeness (QED) is 0.179. The molecule has 7 aliphatic carbocycles. The van der Waals surface area contributed by atoms with Gasteiger partial charge in [0.2, 0.25) is 0 Å². The van der Waals surface area contributed by atoms with Crippen molar-refractivity contribution < 1.29 is 0 Å². The van der Waals surface area contributed by atoms with E-state index in [0.29, 0.717) is 0 Å². The van der Waals surface area contributed by atoms with Gasteiger partial charge in [-0.3, -0.25) is 0 Å². The van der Waals surface area contributed by atoms with Crippen LogP contribution in [-0.4, -0.2) is 0 Å². The van der Waals surface area contributed by atoms with Gasteiger partial charge in [-0.25, -0.2) is 0 Å². The molecule has 53 heavy (non-hydrogen) atoms. The second kappa shape index (κ2) is 10.2. The fraction of sp³-hybridized carbons (Fsp3) is 0.308. The van der Waals surface area contributed by atoms with Crippen molar-refractivity contribution >= 4 is 17.1 Å². The molecular formula is C52H47N. The van der Waals surface area contributed by atoms with Crippen LogP contribution in [0.5, 0.6) is 0 Å². The summed E-state index contributed by atoms with van der Waals surface area (Å²) in [5.74, 6) is 3.33. The van der Waals surface area contributed by atoms with Gasteiger partial charge in [-0.2, -0.15) is 0 Å². The molecule has 1 spiro atoms. The van der Waals surface area contributed by atoms with Crippen molar-refractivity contribution in [3.05, 3.63) is 161 Å². The average molecular weight is 686 g/mol. The molecule has 7 aliphatic rings. The van der Waals surface area contributed by atoms with Crippen LogP contribution in [0.3, 0.4) is 0 Å². The van der Waals surface area contributed by atoms with Crippen molar-refractivity contribution in [2.24, 2.45) is 23.7 Å². The van der Waals surface area contributed by atoms with Crippen molar-refractivity contribution in [2.75, 3.05) is 4.90 Å². The fourth-order valence-electron chi connectivity index (χ4n) is 13.4. The smallest absolute Gasteiger partial charge is 0.0468 e. The molecule has 0 radical (unpaired) electrons. The molecule has 260 valence electrons. The van der Waals surface area contributed by atoms with Crippen LogP contribution in [0.25, 0.3) is 33.4 Å². The number of benzene rings is 6. The Morgan fingerprint density at radius 1 is 0.377 bits per heavy atom. The monoisotopic (exact) mass is 685 g/mol. The van der Waals surface area contributed by atoms with Crippen LogP contribution in [0.4, 0.5) is 17.1 Å². The lowest BCUT2D eigenvalue weighted by molar-refractivity contribution is -0.0399. The Kier molecular flexibility index (Phi) is 5.88. The molecule has 0 amide bonds. The first-order chi connectivity index (χ1) is 25.7. The van der Waals surface area contributed by atoms with E-state index < -0.39 is 0 Å². The minimum atomic E-state index is -0.0709. The maximum Gasteiger partial charge on any atom is 0.0468 e. The van der Waals surface area contributed by atoms with E-state index in [1.807, 2.05) is 0 Å². The third kappa shape index (κ3) is 3.79. The third-order valence-corrected chi connectivity index (χ3v) is 15.4. The van der Waals surface area contributed by atoms with Crippen molar-refractivity contribution in [1.82, 2.24) is 0 Å². The van der Waals surface area contributed by atoms with Crippen LogP contribution in [0.2, 0.25) is 0 Å². The zero-order valence-electron chi connectivity index (χ0n) is 31.4. The molecule has 13 rings (SSSR count). The van der Waals surface area contributed by atoms with Crippen molar-refractivity contribution in [3.63, 3.8) is 0 Å². The molecule has 1 nitrogen and oxygen atoms in total. The van der Waals surface area contributed by atoms with Gasteiger partial charge in [-0.15, -0.1) is 0 Å². The Labute approximate surface area is 314 Å². The summed E-state index contributed by atoms with van der Waals surface area (Å²) in [4.78, 5) is 2.60. The molecule has 4 fully saturated rings. The summed E-state index contributed by atoms with van der Waals surface area (Å²) < 4.78 is 0. The van der Waals surface area contributed by atoms with Gasteiger partial charge in [0.1, 0.15) is 0 Å². The minimum absolute atomic E-state index is 0.0240. The molecule has 1 heteroatoms. The molecule has 0 N–H and O–H groups in total. The lowest BCUT2D eigenvalue weighted by atomic mass is 9.43. The normalized spacial score (nSPS) is 26.5. The first kappa shape index (κ1) is 30.6. The standard InChI is InChI=1S/C52H47N/c1-50(2)45-15-9-6-13-40(45)43-28-35(19-22-46(43)50)53(36-17-20-41-38-11-5-8-14-44(38)51(3,4)48(41)29-36)37-18-21-42-39-12-7-10-16-47(39)52(49(42)30-37)33-24-31-23-32(26-33)27-34(52)25-31/h5-22,28-34H,23-27H2,1-4H3. The highest BCUT2D eigenvalue weighted by molar-refractivity contribution is 5.91. The predicted octanol–water partition coefficient (Wildman–Crippen LogP) is 13.5. The number of anilines is 3. The van der Waals surface area contributed by atoms with Crippen LogP contribution < -0.4 is 4.90 Å². The Morgan fingerprint density at radius 2 is 0.792 bits per heavy atom. The minimum Gasteiger partial charge on any atom is -0.310 e. The second-order valence-electron chi connectivity index (χ2n) is 18.6. The summed E-state index contributed by atoms with van der Waals surface area (Å²) in [6.07, 6.45) is 7.07. The number of rotatable bonds is 3. The molecular weight excluding hydrogens is 639 g/mol. The highest BCUT2D eigenvalue weighted by Crippen LogP contribution is 2.69.